The van der Waals surface area contributed by atoms with Gasteiger partial charge in [0, 0.05) is 10.6 Å². The van der Waals surface area contributed by atoms with Crippen LogP contribution in [0.4, 0.5) is 0 Å². The lowest BCUT2D eigenvalue weighted by molar-refractivity contribution is 0.493. The molecule has 0 aliphatic heterocycles. The Hall–Kier alpha value is -1.25. The summed E-state index contributed by atoms with van der Waals surface area (Å²) in [6, 6.07) is 10.3. The van der Waals surface area contributed by atoms with Crippen LogP contribution in [0.15, 0.2) is 34.7 Å². The van der Waals surface area contributed by atoms with Gasteiger partial charge >= 0.3 is 0 Å². The van der Waals surface area contributed by atoms with E-state index < -0.39 is 0 Å². The number of furan rings is 1. The third kappa shape index (κ3) is 3.40. The van der Waals surface area contributed by atoms with E-state index in [1.165, 1.54) is 11.1 Å². The molecule has 0 aliphatic carbocycles. The Labute approximate surface area is 119 Å². The van der Waals surface area contributed by atoms with Crippen molar-refractivity contribution in [3.8, 4) is 0 Å². The molecule has 0 bridgehead atoms. The van der Waals surface area contributed by atoms with Gasteiger partial charge in [-0.2, -0.15) is 0 Å². The molecule has 1 N–H and O–H groups in total. The van der Waals surface area contributed by atoms with Gasteiger partial charge in [0.05, 0.1) is 6.04 Å². The fraction of sp³-hybridized carbons (Fsp3) is 0.375. The maximum Gasteiger partial charge on any atom is 0.106 e. The van der Waals surface area contributed by atoms with Gasteiger partial charge in [-0.25, -0.2) is 0 Å². The summed E-state index contributed by atoms with van der Waals surface area (Å²) in [5.74, 6) is 1.92. The van der Waals surface area contributed by atoms with E-state index in [0.29, 0.717) is 0 Å². The van der Waals surface area contributed by atoms with E-state index in [1.54, 1.807) is 0 Å². The Morgan fingerprint density at radius 1 is 1.21 bits per heavy atom. The van der Waals surface area contributed by atoms with E-state index in [4.69, 9.17) is 16.0 Å². The summed E-state index contributed by atoms with van der Waals surface area (Å²) in [6.07, 6.45) is 1.10. The lowest BCUT2D eigenvalue weighted by Gasteiger charge is -2.18. The van der Waals surface area contributed by atoms with Crippen molar-refractivity contribution in [2.45, 2.75) is 33.2 Å². The van der Waals surface area contributed by atoms with E-state index in [0.717, 1.165) is 29.5 Å². The van der Waals surface area contributed by atoms with E-state index in [-0.39, 0.29) is 6.04 Å². The molecule has 1 unspecified atom stereocenters. The minimum atomic E-state index is 0.162. The molecule has 0 saturated carbocycles. The largest absolute Gasteiger partial charge is 0.466 e. The zero-order valence-electron chi connectivity index (χ0n) is 11.7. The van der Waals surface area contributed by atoms with Crippen LogP contribution in [-0.2, 0) is 0 Å². The average Bonchev–Trinajstić information content (AvgIpc) is 2.71. The molecule has 0 amide bonds. The van der Waals surface area contributed by atoms with E-state index in [9.17, 15) is 0 Å². The molecule has 1 heterocycles. The third-order valence-corrected chi connectivity index (χ3v) is 3.44. The fourth-order valence-corrected chi connectivity index (χ4v) is 2.41. The first-order chi connectivity index (χ1) is 9.11. The molecule has 1 aromatic heterocycles. The summed E-state index contributed by atoms with van der Waals surface area (Å²) < 4.78 is 5.65. The summed E-state index contributed by atoms with van der Waals surface area (Å²) in [5, 5.41) is 4.33. The van der Waals surface area contributed by atoms with Crippen LogP contribution in [0, 0.1) is 13.8 Å². The lowest BCUT2D eigenvalue weighted by Crippen LogP contribution is -2.23. The summed E-state index contributed by atoms with van der Waals surface area (Å²) >= 11 is 5.96. The summed E-state index contributed by atoms with van der Waals surface area (Å²) in [5.41, 5.74) is 2.41. The first-order valence-corrected chi connectivity index (χ1v) is 7.05. The molecule has 0 radical (unpaired) electrons. The minimum absolute atomic E-state index is 0.162. The SMILES string of the molecule is CCCNC(c1ccc(Cl)cc1)c1cc(C)oc1C. The topological polar surface area (TPSA) is 25.2 Å². The van der Waals surface area contributed by atoms with Crippen LogP contribution >= 0.6 is 11.6 Å². The standard InChI is InChI=1S/C16H20ClNO/c1-4-9-18-16(13-5-7-14(17)8-6-13)15-10-11(2)19-12(15)3/h5-8,10,16,18H,4,9H2,1-3H3. The molecule has 1 aromatic carbocycles. The molecular formula is C16H20ClNO. The Morgan fingerprint density at radius 3 is 2.42 bits per heavy atom. The van der Waals surface area contributed by atoms with Gasteiger partial charge in [-0.15, -0.1) is 0 Å². The van der Waals surface area contributed by atoms with Crippen LogP contribution in [0.1, 0.15) is 42.0 Å². The molecule has 0 spiro atoms. The second kappa shape index (κ2) is 6.27. The first kappa shape index (κ1) is 14.2. The Kier molecular flexibility index (Phi) is 4.67. The predicted molar refractivity (Wildman–Crippen MR) is 79.8 cm³/mol. The highest BCUT2D eigenvalue weighted by molar-refractivity contribution is 6.30. The minimum Gasteiger partial charge on any atom is -0.466 e. The van der Waals surface area contributed by atoms with Gasteiger partial charge in [0.2, 0.25) is 0 Å². The number of aryl methyl sites for hydroxylation is 2. The van der Waals surface area contributed by atoms with Gasteiger partial charge in [-0.1, -0.05) is 30.7 Å². The van der Waals surface area contributed by atoms with Crippen molar-refractivity contribution >= 4 is 11.6 Å². The van der Waals surface area contributed by atoms with Crippen LogP contribution in [0.2, 0.25) is 5.02 Å². The molecule has 2 rings (SSSR count). The number of benzene rings is 1. The van der Waals surface area contributed by atoms with Crippen molar-refractivity contribution in [1.29, 1.82) is 0 Å². The highest BCUT2D eigenvalue weighted by Crippen LogP contribution is 2.28. The van der Waals surface area contributed by atoms with E-state index in [1.807, 2.05) is 26.0 Å². The Morgan fingerprint density at radius 2 is 1.89 bits per heavy atom. The number of rotatable bonds is 5. The maximum absolute atomic E-state index is 5.96. The normalized spacial score (nSPS) is 12.6. The molecule has 0 aliphatic rings. The molecule has 0 fully saturated rings. The van der Waals surface area contributed by atoms with Crippen LogP contribution in [0.25, 0.3) is 0 Å². The summed E-state index contributed by atoms with van der Waals surface area (Å²) in [6.45, 7) is 7.13. The fourth-order valence-electron chi connectivity index (χ4n) is 2.29. The Bertz CT molecular complexity index is 530. The van der Waals surface area contributed by atoms with E-state index >= 15 is 0 Å². The van der Waals surface area contributed by atoms with Gasteiger partial charge in [-0.3, -0.25) is 0 Å². The number of halogens is 1. The van der Waals surface area contributed by atoms with Crippen LogP contribution in [-0.4, -0.2) is 6.54 Å². The molecule has 102 valence electrons. The highest BCUT2D eigenvalue weighted by atomic mass is 35.5. The van der Waals surface area contributed by atoms with Crippen LogP contribution < -0.4 is 5.32 Å². The average molecular weight is 278 g/mol. The quantitative estimate of drug-likeness (QED) is 0.861. The predicted octanol–water partition coefficient (Wildman–Crippen LogP) is 4.64. The molecule has 2 nitrogen and oxygen atoms in total. The third-order valence-electron chi connectivity index (χ3n) is 3.19. The zero-order valence-corrected chi connectivity index (χ0v) is 12.4. The molecule has 0 saturated heterocycles. The van der Waals surface area contributed by atoms with Gasteiger partial charge in [0.25, 0.3) is 0 Å². The van der Waals surface area contributed by atoms with Crippen LogP contribution in [0.5, 0.6) is 0 Å². The second-order valence-corrected chi connectivity index (χ2v) is 5.24. The van der Waals surface area contributed by atoms with Gasteiger partial charge < -0.3 is 9.73 Å². The van der Waals surface area contributed by atoms with Crippen molar-refractivity contribution in [3.63, 3.8) is 0 Å². The zero-order chi connectivity index (χ0) is 13.8. The second-order valence-electron chi connectivity index (χ2n) is 4.81. The smallest absolute Gasteiger partial charge is 0.106 e. The number of nitrogens with one attached hydrogen (secondary N) is 1. The van der Waals surface area contributed by atoms with Gasteiger partial charge in [0.1, 0.15) is 11.5 Å². The number of hydrogen-bond acceptors (Lipinski definition) is 2. The first-order valence-electron chi connectivity index (χ1n) is 6.67. The monoisotopic (exact) mass is 277 g/mol. The van der Waals surface area contributed by atoms with Crippen molar-refractivity contribution in [2.24, 2.45) is 0 Å². The van der Waals surface area contributed by atoms with E-state index in [2.05, 4.69) is 30.4 Å². The number of hydrogen-bond donors (Lipinski definition) is 1. The highest BCUT2D eigenvalue weighted by Gasteiger charge is 2.18. The molecule has 2 aromatic rings. The van der Waals surface area contributed by atoms with Gasteiger partial charge in [0.15, 0.2) is 0 Å². The van der Waals surface area contributed by atoms with Crippen molar-refractivity contribution < 1.29 is 4.42 Å². The van der Waals surface area contributed by atoms with Gasteiger partial charge in [-0.05, 0) is 50.6 Å². The molecule has 19 heavy (non-hydrogen) atoms. The van der Waals surface area contributed by atoms with Crippen molar-refractivity contribution in [2.75, 3.05) is 6.54 Å². The summed E-state index contributed by atoms with van der Waals surface area (Å²) in [4.78, 5) is 0. The summed E-state index contributed by atoms with van der Waals surface area (Å²) in [7, 11) is 0. The maximum atomic E-state index is 5.96. The molecule has 1 atom stereocenters. The lowest BCUT2D eigenvalue weighted by atomic mass is 9.99. The Balaban J connectivity index is 2.35. The van der Waals surface area contributed by atoms with Crippen molar-refractivity contribution in [1.82, 2.24) is 5.32 Å². The molecular weight excluding hydrogens is 258 g/mol. The van der Waals surface area contributed by atoms with Crippen LogP contribution in [0.3, 0.4) is 0 Å². The van der Waals surface area contributed by atoms with Crippen molar-refractivity contribution in [3.05, 3.63) is 58.0 Å². The molecule has 3 heteroatoms.